The second kappa shape index (κ2) is 3.28. The second-order valence-electron chi connectivity index (χ2n) is 1.96. The monoisotopic (exact) mass is 143 g/mol. The maximum absolute atomic E-state index is 8.89. The molecule has 0 saturated heterocycles. The molecule has 56 valence electrons. The van der Waals surface area contributed by atoms with E-state index in [9.17, 15) is 0 Å². The van der Waals surface area contributed by atoms with E-state index in [2.05, 4.69) is 10.3 Å². The molecule has 5 nitrogen and oxygen atoms in total. The zero-order chi connectivity index (χ0) is 7.40. The molecule has 0 aliphatic heterocycles. The van der Waals surface area contributed by atoms with Gasteiger partial charge in [0.15, 0.2) is 0 Å². The summed E-state index contributed by atoms with van der Waals surface area (Å²) < 4.78 is 1.46. The smallest absolute Gasteiger partial charge is 0.0966 e. The van der Waals surface area contributed by atoms with E-state index in [-0.39, 0.29) is 13.2 Å². The third kappa shape index (κ3) is 1.78. The lowest BCUT2D eigenvalue weighted by Gasteiger charge is -2.04. The normalized spacial score (nSPS) is 13.4. The number of hydrogen-bond donors (Lipinski definition) is 2. The highest BCUT2D eigenvalue weighted by molar-refractivity contribution is 4.65. The molecule has 10 heavy (non-hydrogen) atoms. The first-order chi connectivity index (χ1) is 4.83. The molecule has 2 N–H and O–H groups in total. The van der Waals surface area contributed by atoms with Crippen molar-refractivity contribution in [1.82, 2.24) is 15.0 Å². The van der Waals surface area contributed by atoms with Gasteiger partial charge in [-0.3, -0.25) is 0 Å². The molecule has 1 aromatic heterocycles. The van der Waals surface area contributed by atoms with Crippen molar-refractivity contribution in [3.63, 3.8) is 0 Å². The third-order valence-electron chi connectivity index (χ3n) is 1.08. The molecule has 0 amide bonds. The fraction of sp³-hybridized carbons (Fsp3) is 0.600. The van der Waals surface area contributed by atoms with Gasteiger partial charge in [-0.25, -0.2) is 4.68 Å². The molecule has 1 unspecified atom stereocenters. The van der Waals surface area contributed by atoms with Crippen molar-refractivity contribution in [2.75, 3.05) is 6.61 Å². The molecule has 0 aromatic carbocycles. The second-order valence-corrected chi connectivity index (χ2v) is 1.96. The largest absolute Gasteiger partial charge is 0.394 e. The summed E-state index contributed by atoms with van der Waals surface area (Å²) in [5, 5.41) is 24.4. The number of rotatable bonds is 3. The summed E-state index contributed by atoms with van der Waals surface area (Å²) in [6.45, 7) is 0.0381. The van der Waals surface area contributed by atoms with E-state index >= 15 is 0 Å². The number of aliphatic hydroxyl groups is 2. The summed E-state index contributed by atoms with van der Waals surface area (Å²) in [5.74, 6) is 0. The molecule has 1 aromatic rings. The van der Waals surface area contributed by atoms with Crippen molar-refractivity contribution in [2.45, 2.75) is 12.6 Å². The van der Waals surface area contributed by atoms with Gasteiger partial charge in [0.2, 0.25) is 0 Å². The molecule has 0 spiro atoms. The minimum atomic E-state index is -0.748. The van der Waals surface area contributed by atoms with Crippen molar-refractivity contribution < 1.29 is 10.2 Å². The quantitative estimate of drug-likeness (QED) is 0.547. The van der Waals surface area contributed by atoms with E-state index in [1.165, 1.54) is 10.9 Å². The zero-order valence-corrected chi connectivity index (χ0v) is 5.38. The Labute approximate surface area is 57.9 Å². The van der Waals surface area contributed by atoms with E-state index < -0.39 is 6.10 Å². The van der Waals surface area contributed by atoms with Gasteiger partial charge in [-0.05, 0) is 0 Å². The topological polar surface area (TPSA) is 71.2 Å². The van der Waals surface area contributed by atoms with Crippen LogP contribution in [0.1, 0.15) is 0 Å². The van der Waals surface area contributed by atoms with Crippen LogP contribution >= 0.6 is 0 Å². The maximum atomic E-state index is 8.89. The Balaban J connectivity index is 2.40. The fourth-order valence-electron chi connectivity index (χ4n) is 0.604. The zero-order valence-electron chi connectivity index (χ0n) is 5.38. The first kappa shape index (κ1) is 7.17. The average molecular weight is 143 g/mol. The molecule has 5 heteroatoms. The molecule has 1 heterocycles. The van der Waals surface area contributed by atoms with E-state index in [4.69, 9.17) is 10.2 Å². The Morgan fingerprint density at radius 1 is 1.60 bits per heavy atom. The Morgan fingerprint density at radius 3 is 2.90 bits per heavy atom. The van der Waals surface area contributed by atoms with Crippen molar-refractivity contribution in [3.8, 4) is 0 Å². The molecule has 0 bridgehead atoms. The van der Waals surface area contributed by atoms with Crippen LogP contribution in [0.15, 0.2) is 12.4 Å². The van der Waals surface area contributed by atoms with E-state index in [0.29, 0.717) is 0 Å². The van der Waals surface area contributed by atoms with Crippen molar-refractivity contribution in [2.24, 2.45) is 0 Å². The molecule has 1 atom stereocenters. The average Bonchev–Trinajstić information content (AvgIpc) is 2.40. The summed E-state index contributed by atoms with van der Waals surface area (Å²) in [5.41, 5.74) is 0. The van der Waals surface area contributed by atoms with Crippen LogP contribution in [0.4, 0.5) is 0 Å². The van der Waals surface area contributed by atoms with Gasteiger partial charge in [-0.2, -0.15) is 0 Å². The van der Waals surface area contributed by atoms with Crippen LogP contribution in [0, 0.1) is 0 Å². The number of aromatic nitrogens is 3. The van der Waals surface area contributed by atoms with Gasteiger partial charge in [0.25, 0.3) is 0 Å². The van der Waals surface area contributed by atoms with E-state index in [1.807, 2.05) is 0 Å². The molecule has 0 fully saturated rings. The summed E-state index contributed by atoms with van der Waals surface area (Å²) in [7, 11) is 0. The highest BCUT2D eigenvalue weighted by Gasteiger charge is 2.01. The molecule has 0 radical (unpaired) electrons. The summed E-state index contributed by atoms with van der Waals surface area (Å²) in [6, 6.07) is 0. The highest BCUT2D eigenvalue weighted by atomic mass is 16.3. The lowest BCUT2D eigenvalue weighted by atomic mass is 10.4. The Hall–Kier alpha value is -0.940. The van der Waals surface area contributed by atoms with Gasteiger partial charge < -0.3 is 10.2 Å². The maximum Gasteiger partial charge on any atom is 0.0966 e. The highest BCUT2D eigenvalue weighted by Crippen LogP contribution is 1.86. The number of aliphatic hydroxyl groups excluding tert-OH is 2. The van der Waals surface area contributed by atoms with Crippen LogP contribution < -0.4 is 0 Å². The minimum absolute atomic E-state index is 0.250. The van der Waals surface area contributed by atoms with Gasteiger partial charge >= 0.3 is 0 Å². The lowest BCUT2D eigenvalue weighted by molar-refractivity contribution is 0.0778. The standard InChI is InChI=1S/C5H9N3O2/c9-4-5(10)3-8-2-1-6-7-8/h1-2,5,9-10H,3-4H2. The molecular weight excluding hydrogens is 134 g/mol. The van der Waals surface area contributed by atoms with Gasteiger partial charge in [0, 0.05) is 6.20 Å². The van der Waals surface area contributed by atoms with E-state index in [1.54, 1.807) is 6.20 Å². The van der Waals surface area contributed by atoms with Gasteiger partial charge in [0.1, 0.15) is 0 Å². The van der Waals surface area contributed by atoms with E-state index in [0.717, 1.165) is 0 Å². The van der Waals surface area contributed by atoms with Crippen LogP contribution in [-0.2, 0) is 6.54 Å². The van der Waals surface area contributed by atoms with Crippen LogP contribution in [0.25, 0.3) is 0 Å². The van der Waals surface area contributed by atoms with Crippen LogP contribution in [0.3, 0.4) is 0 Å². The lowest BCUT2D eigenvalue weighted by Crippen LogP contribution is -2.20. The Bertz CT molecular complexity index is 175. The van der Waals surface area contributed by atoms with Gasteiger partial charge in [0.05, 0.1) is 25.5 Å². The first-order valence-corrected chi connectivity index (χ1v) is 2.96. The molecule has 0 aliphatic carbocycles. The number of hydrogen-bond acceptors (Lipinski definition) is 4. The molecule has 0 aliphatic rings. The predicted octanol–water partition coefficient (Wildman–Crippen LogP) is -1.37. The summed E-state index contributed by atoms with van der Waals surface area (Å²) in [6.07, 6.45) is 2.39. The number of nitrogens with zero attached hydrogens (tertiary/aromatic N) is 3. The van der Waals surface area contributed by atoms with Crippen molar-refractivity contribution in [3.05, 3.63) is 12.4 Å². The van der Waals surface area contributed by atoms with Crippen molar-refractivity contribution in [1.29, 1.82) is 0 Å². The van der Waals surface area contributed by atoms with Crippen molar-refractivity contribution >= 4 is 0 Å². The van der Waals surface area contributed by atoms with Crippen LogP contribution in [0.2, 0.25) is 0 Å². The Morgan fingerprint density at radius 2 is 2.40 bits per heavy atom. The third-order valence-corrected chi connectivity index (χ3v) is 1.08. The molecule has 0 saturated carbocycles. The molecular formula is C5H9N3O2. The minimum Gasteiger partial charge on any atom is -0.394 e. The Kier molecular flexibility index (Phi) is 2.35. The SMILES string of the molecule is OCC(O)Cn1ccnn1. The van der Waals surface area contributed by atoms with Gasteiger partial charge in [-0.1, -0.05) is 5.21 Å². The predicted molar refractivity (Wildman–Crippen MR) is 33.1 cm³/mol. The summed E-state index contributed by atoms with van der Waals surface area (Å²) >= 11 is 0. The summed E-state index contributed by atoms with van der Waals surface area (Å²) in [4.78, 5) is 0. The van der Waals surface area contributed by atoms with Crippen LogP contribution in [0.5, 0.6) is 0 Å². The first-order valence-electron chi connectivity index (χ1n) is 2.96. The van der Waals surface area contributed by atoms with Gasteiger partial charge in [-0.15, -0.1) is 5.10 Å². The van der Waals surface area contributed by atoms with Crippen LogP contribution in [-0.4, -0.2) is 37.9 Å². The molecule has 1 rings (SSSR count). The fourth-order valence-corrected chi connectivity index (χ4v) is 0.604.